The Morgan fingerprint density at radius 3 is 2.74 bits per heavy atom. The maximum atomic E-state index is 5.84. The predicted molar refractivity (Wildman–Crippen MR) is 116 cm³/mol. The lowest BCUT2D eigenvalue weighted by Crippen LogP contribution is -2.40. The number of thiocarbonyl (C=S) groups is 1. The number of hydrogen-bond acceptors (Lipinski definition) is 4. The first-order valence-corrected chi connectivity index (χ1v) is 10.5. The van der Waals surface area contributed by atoms with Crippen LogP contribution in [0.25, 0.3) is 0 Å². The number of rotatable bonds is 10. The Morgan fingerprint density at radius 1 is 1.19 bits per heavy atom. The molecule has 150 valence electrons. The minimum absolute atomic E-state index is 0.475. The number of nitrogens with one attached hydrogen (secondary N) is 2. The van der Waals surface area contributed by atoms with Gasteiger partial charge in [-0.25, -0.2) is 0 Å². The van der Waals surface area contributed by atoms with Crippen LogP contribution < -0.4 is 20.2 Å². The van der Waals surface area contributed by atoms with Gasteiger partial charge in [-0.05, 0) is 55.2 Å². The topological polar surface area (TPSA) is 54.9 Å². The van der Waals surface area contributed by atoms with Gasteiger partial charge in [0.1, 0.15) is 0 Å². The highest BCUT2D eigenvalue weighted by molar-refractivity contribution is 7.80. The van der Waals surface area contributed by atoms with Gasteiger partial charge in [-0.1, -0.05) is 45.4 Å². The molecule has 1 aromatic rings. The number of nitrogens with zero attached hydrogens (tertiary/aromatic N) is 1. The smallest absolute Gasteiger partial charge is 0.187 e. The standard InChI is InChI=1S/C21H33N3O2S/c1-3-4-5-9-14-26-19-13-12-17(15-20(19)25-2)16-22-24-21(27)23-18-10-7-6-8-11-18/h12-13,15-16,18H,3-11,14H2,1-2H3,(H2,23,24,27)/b22-16-. The highest BCUT2D eigenvalue weighted by Crippen LogP contribution is 2.27. The zero-order valence-electron chi connectivity index (χ0n) is 16.6. The third kappa shape index (κ3) is 8.16. The van der Waals surface area contributed by atoms with Crippen molar-refractivity contribution in [3.63, 3.8) is 0 Å². The van der Waals surface area contributed by atoms with Crippen LogP contribution in [0.5, 0.6) is 11.5 Å². The van der Waals surface area contributed by atoms with Gasteiger partial charge in [0, 0.05) is 6.04 Å². The van der Waals surface area contributed by atoms with Crippen LogP contribution in [-0.4, -0.2) is 31.1 Å². The first-order valence-electron chi connectivity index (χ1n) is 10.1. The van der Waals surface area contributed by atoms with E-state index in [9.17, 15) is 0 Å². The van der Waals surface area contributed by atoms with E-state index in [1.165, 1.54) is 51.4 Å². The molecule has 0 aromatic heterocycles. The van der Waals surface area contributed by atoms with Crippen LogP contribution in [0.1, 0.15) is 70.3 Å². The van der Waals surface area contributed by atoms with Crippen LogP contribution in [-0.2, 0) is 0 Å². The van der Waals surface area contributed by atoms with E-state index in [2.05, 4.69) is 22.8 Å². The molecular weight excluding hydrogens is 358 g/mol. The van der Waals surface area contributed by atoms with E-state index < -0.39 is 0 Å². The van der Waals surface area contributed by atoms with Gasteiger partial charge in [-0.2, -0.15) is 5.10 Å². The first-order chi connectivity index (χ1) is 13.2. The van der Waals surface area contributed by atoms with Crippen molar-refractivity contribution in [2.75, 3.05) is 13.7 Å². The largest absolute Gasteiger partial charge is 0.493 e. The molecule has 0 saturated heterocycles. The Morgan fingerprint density at radius 2 is 2.00 bits per heavy atom. The van der Waals surface area contributed by atoms with Gasteiger partial charge in [0.25, 0.3) is 0 Å². The van der Waals surface area contributed by atoms with Crippen LogP contribution in [0, 0.1) is 0 Å². The SMILES string of the molecule is CCCCCCOc1ccc(/C=N\NC(=S)NC2CCCCC2)cc1OC. The summed E-state index contributed by atoms with van der Waals surface area (Å²) in [6.45, 7) is 2.92. The molecule has 27 heavy (non-hydrogen) atoms. The number of unbranched alkanes of at least 4 members (excludes halogenated alkanes) is 3. The molecule has 0 heterocycles. The van der Waals surface area contributed by atoms with Crippen LogP contribution in [0.3, 0.4) is 0 Å². The van der Waals surface area contributed by atoms with Crippen molar-refractivity contribution in [1.82, 2.24) is 10.7 Å². The Kier molecular flexibility index (Phi) is 9.98. The average Bonchev–Trinajstić information content (AvgIpc) is 2.69. The first kappa shape index (κ1) is 21.5. The molecule has 1 aliphatic rings. The van der Waals surface area contributed by atoms with Crippen LogP contribution >= 0.6 is 12.2 Å². The maximum Gasteiger partial charge on any atom is 0.187 e. The van der Waals surface area contributed by atoms with Gasteiger partial charge in [-0.15, -0.1) is 0 Å². The molecule has 0 amide bonds. The quantitative estimate of drug-likeness (QED) is 0.260. The number of ether oxygens (including phenoxy) is 2. The molecule has 0 spiro atoms. The summed E-state index contributed by atoms with van der Waals surface area (Å²) in [6.07, 6.45) is 12.7. The van der Waals surface area contributed by atoms with Gasteiger partial charge >= 0.3 is 0 Å². The molecule has 1 saturated carbocycles. The third-order valence-electron chi connectivity index (χ3n) is 4.76. The second kappa shape index (κ2) is 12.5. The number of benzene rings is 1. The average molecular weight is 392 g/mol. The van der Waals surface area contributed by atoms with Crippen molar-refractivity contribution in [2.45, 2.75) is 70.8 Å². The van der Waals surface area contributed by atoms with Crippen molar-refractivity contribution in [3.05, 3.63) is 23.8 Å². The lowest BCUT2D eigenvalue weighted by Gasteiger charge is -2.23. The third-order valence-corrected chi connectivity index (χ3v) is 4.97. The van der Waals surface area contributed by atoms with Crippen LogP contribution in [0.4, 0.5) is 0 Å². The fraction of sp³-hybridized carbons (Fsp3) is 0.619. The van der Waals surface area contributed by atoms with Crippen molar-refractivity contribution < 1.29 is 9.47 Å². The monoisotopic (exact) mass is 391 g/mol. The van der Waals surface area contributed by atoms with E-state index in [4.69, 9.17) is 21.7 Å². The summed E-state index contributed by atoms with van der Waals surface area (Å²) in [5, 5.41) is 8.15. The van der Waals surface area contributed by atoms with Gasteiger partial charge in [0.2, 0.25) is 0 Å². The zero-order chi connectivity index (χ0) is 19.3. The molecule has 1 aliphatic carbocycles. The van der Waals surface area contributed by atoms with Crippen LogP contribution in [0.2, 0.25) is 0 Å². The second-order valence-electron chi connectivity index (χ2n) is 7.00. The minimum atomic E-state index is 0.475. The normalized spacial score (nSPS) is 14.9. The molecule has 0 radical (unpaired) electrons. The van der Waals surface area contributed by atoms with E-state index >= 15 is 0 Å². The summed E-state index contributed by atoms with van der Waals surface area (Å²) >= 11 is 5.32. The number of hydrogen-bond donors (Lipinski definition) is 2. The molecule has 6 heteroatoms. The van der Waals surface area contributed by atoms with E-state index in [1.807, 2.05) is 18.2 Å². The highest BCUT2D eigenvalue weighted by atomic mass is 32.1. The molecule has 2 N–H and O–H groups in total. The maximum absolute atomic E-state index is 5.84. The van der Waals surface area contributed by atoms with E-state index in [1.54, 1.807) is 13.3 Å². The van der Waals surface area contributed by atoms with Crippen molar-refractivity contribution in [2.24, 2.45) is 5.10 Å². The molecule has 1 aromatic carbocycles. The van der Waals surface area contributed by atoms with Crippen molar-refractivity contribution in [1.29, 1.82) is 0 Å². The fourth-order valence-corrected chi connectivity index (χ4v) is 3.44. The molecule has 0 aliphatic heterocycles. The van der Waals surface area contributed by atoms with Crippen molar-refractivity contribution in [3.8, 4) is 11.5 Å². The Bertz CT molecular complexity index is 601. The lowest BCUT2D eigenvalue weighted by atomic mass is 9.96. The second-order valence-corrected chi connectivity index (χ2v) is 7.41. The van der Waals surface area contributed by atoms with E-state index in [0.29, 0.717) is 17.8 Å². The van der Waals surface area contributed by atoms with E-state index in [0.717, 1.165) is 23.5 Å². The summed E-state index contributed by atoms with van der Waals surface area (Å²) in [5.41, 5.74) is 3.83. The Balaban J connectivity index is 1.79. The molecule has 0 unspecified atom stereocenters. The molecule has 0 atom stereocenters. The van der Waals surface area contributed by atoms with Gasteiger partial charge in [-0.3, -0.25) is 5.43 Å². The zero-order valence-corrected chi connectivity index (χ0v) is 17.4. The molecule has 0 bridgehead atoms. The van der Waals surface area contributed by atoms with Crippen molar-refractivity contribution >= 4 is 23.5 Å². The van der Waals surface area contributed by atoms with Crippen LogP contribution in [0.15, 0.2) is 23.3 Å². The Labute approximate surface area is 168 Å². The molecule has 5 nitrogen and oxygen atoms in total. The minimum Gasteiger partial charge on any atom is -0.493 e. The lowest BCUT2D eigenvalue weighted by molar-refractivity contribution is 0.285. The number of methoxy groups -OCH3 is 1. The molecule has 1 fully saturated rings. The summed E-state index contributed by atoms with van der Waals surface area (Å²) in [4.78, 5) is 0. The summed E-state index contributed by atoms with van der Waals surface area (Å²) in [7, 11) is 1.65. The van der Waals surface area contributed by atoms with Gasteiger partial charge in [0.15, 0.2) is 16.6 Å². The molecular formula is C21H33N3O2S. The summed E-state index contributed by atoms with van der Waals surface area (Å²) in [5.74, 6) is 1.49. The fourth-order valence-electron chi connectivity index (χ4n) is 3.22. The van der Waals surface area contributed by atoms with E-state index in [-0.39, 0.29) is 0 Å². The summed E-state index contributed by atoms with van der Waals surface area (Å²) in [6, 6.07) is 6.29. The van der Waals surface area contributed by atoms with Gasteiger partial charge in [0.05, 0.1) is 19.9 Å². The Hall–Kier alpha value is -1.82. The predicted octanol–water partition coefficient (Wildman–Crippen LogP) is 4.79. The highest BCUT2D eigenvalue weighted by Gasteiger charge is 2.13. The molecule has 2 rings (SSSR count). The number of hydrazone groups is 1. The van der Waals surface area contributed by atoms with Gasteiger partial charge < -0.3 is 14.8 Å². The summed E-state index contributed by atoms with van der Waals surface area (Å²) < 4.78 is 11.3.